The van der Waals surface area contributed by atoms with Crippen LogP contribution < -0.4 is 0 Å². The number of carbonyl (C=O) groups is 1. The van der Waals surface area contributed by atoms with E-state index in [2.05, 4.69) is 0 Å². The molecule has 0 radical (unpaired) electrons. The Morgan fingerprint density at radius 3 is 1.81 bits per heavy atom. The van der Waals surface area contributed by atoms with Gasteiger partial charge in [-0.05, 0) is 34.7 Å². The molecule has 0 aliphatic rings. The van der Waals surface area contributed by atoms with Crippen LogP contribution in [0.2, 0.25) is 0 Å². The van der Waals surface area contributed by atoms with E-state index in [0.717, 1.165) is 24.3 Å². The maximum absolute atomic E-state index is 12.2. The lowest BCUT2D eigenvalue weighted by Gasteiger charge is -2.16. The van der Waals surface area contributed by atoms with Gasteiger partial charge < -0.3 is 10.2 Å². The minimum absolute atomic E-state index is 0.117. The molecule has 0 aromatic heterocycles. The van der Waals surface area contributed by atoms with Crippen LogP contribution in [0, 0.1) is 0 Å². The Labute approximate surface area is 102 Å². The van der Waals surface area contributed by atoms with Gasteiger partial charge in [-0.2, -0.15) is 13.2 Å². The van der Waals surface area contributed by atoms with Gasteiger partial charge in [-0.25, -0.2) is 4.79 Å². The third-order valence-electron chi connectivity index (χ3n) is 1.88. The lowest BCUT2D eigenvalue weighted by atomic mass is 10.1. The summed E-state index contributed by atoms with van der Waals surface area (Å²) in [6.07, 6.45) is -4.48. The molecule has 1 unspecified atom stereocenters. The zero-order valence-corrected chi connectivity index (χ0v) is 9.78. The maximum atomic E-state index is 12.2. The van der Waals surface area contributed by atoms with Crippen LogP contribution in [-0.2, 0) is 14.6 Å². The van der Waals surface area contributed by atoms with E-state index in [4.69, 9.17) is 5.11 Å². The second-order valence-corrected chi connectivity index (χ2v) is 4.56. The van der Waals surface area contributed by atoms with Gasteiger partial charge in [0.15, 0.2) is 0 Å². The first-order chi connectivity index (χ1) is 7.15. The standard InChI is InChI=1S/C9H6F3IO3/c10-9(11,12)6-3-1-5(2-4-6)8(13,16)7(14)15/h1-4,16H,(H,14,15). The Bertz CT molecular complexity index is 397. The minimum Gasteiger partial charge on any atom is -0.478 e. The molecule has 0 aliphatic carbocycles. The van der Waals surface area contributed by atoms with Crippen LogP contribution in [0.5, 0.6) is 0 Å². The van der Waals surface area contributed by atoms with Crippen molar-refractivity contribution >= 4 is 28.6 Å². The molecule has 0 aliphatic heterocycles. The number of hydrogen-bond acceptors (Lipinski definition) is 2. The van der Waals surface area contributed by atoms with E-state index >= 15 is 0 Å². The number of carboxylic acids is 1. The molecule has 88 valence electrons. The van der Waals surface area contributed by atoms with Gasteiger partial charge in [-0.15, -0.1) is 0 Å². The summed E-state index contributed by atoms with van der Waals surface area (Å²) in [5.41, 5.74) is -1.01. The highest BCUT2D eigenvalue weighted by atomic mass is 127. The molecule has 0 fully saturated rings. The number of rotatable bonds is 2. The monoisotopic (exact) mass is 346 g/mol. The average molecular weight is 346 g/mol. The Hall–Kier alpha value is -0.830. The minimum atomic E-state index is -4.48. The SMILES string of the molecule is O=C(O)C(O)(I)c1ccc(C(F)(F)F)cc1. The summed E-state index contributed by atoms with van der Waals surface area (Å²) in [5, 5.41) is 18.1. The number of benzene rings is 1. The summed E-state index contributed by atoms with van der Waals surface area (Å²) < 4.78 is 34.4. The van der Waals surface area contributed by atoms with Gasteiger partial charge >= 0.3 is 12.1 Å². The van der Waals surface area contributed by atoms with E-state index in [9.17, 15) is 23.1 Å². The molecule has 0 amide bonds. The van der Waals surface area contributed by atoms with Gasteiger partial charge in [0, 0.05) is 5.56 Å². The Kier molecular flexibility index (Phi) is 3.48. The summed E-state index contributed by atoms with van der Waals surface area (Å²) in [7, 11) is 0. The van der Waals surface area contributed by atoms with Gasteiger partial charge in [0.25, 0.3) is 0 Å². The van der Waals surface area contributed by atoms with Gasteiger partial charge in [0.05, 0.1) is 5.56 Å². The molecular weight excluding hydrogens is 340 g/mol. The van der Waals surface area contributed by atoms with Crippen molar-refractivity contribution in [2.75, 3.05) is 0 Å². The zero-order valence-electron chi connectivity index (χ0n) is 7.62. The average Bonchev–Trinajstić information content (AvgIpc) is 2.16. The fourth-order valence-corrected chi connectivity index (χ4v) is 1.36. The fourth-order valence-electron chi connectivity index (χ4n) is 1.00. The van der Waals surface area contributed by atoms with Gasteiger partial charge in [0.1, 0.15) is 0 Å². The Balaban J connectivity index is 3.09. The lowest BCUT2D eigenvalue weighted by Crippen LogP contribution is -2.28. The van der Waals surface area contributed by atoms with Crippen molar-refractivity contribution in [3.8, 4) is 0 Å². The van der Waals surface area contributed by atoms with Crippen LogP contribution in [0.1, 0.15) is 11.1 Å². The van der Waals surface area contributed by atoms with E-state index in [1.165, 1.54) is 22.6 Å². The number of aliphatic hydroxyl groups is 1. The summed E-state index contributed by atoms with van der Waals surface area (Å²) in [6, 6.07) is 3.32. The quantitative estimate of drug-likeness (QED) is 0.639. The molecule has 0 spiro atoms. The number of carboxylic acid groups (broad SMARTS) is 1. The lowest BCUT2D eigenvalue weighted by molar-refractivity contribution is -0.148. The second kappa shape index (κ2) is 4.21. The van der Waals surface area contributed by atoms with E-state index < -0.39 is 21.3 Å². The molecule has 1 atom stereocenters. The van der Waals surface area contributed by atoms with E-state index in [1.54, 1.807) is 0 Å². The molecule has 0 heterocycles. The fraction of sp³-hybridized carbons (Fsp3) is 0.222. The van der Waals surface area contributed by atoms with Crippen LogP contribution in [0.15, 0.2) is 24.3 Å². The van der Waals surface area contributed by atoms with Crippen molar-refractivity contribution in [3.63, 3.8) is 0 Å². The van der Waals surface area contributed by atoms with Crippen molar-refractivity contribution in [2.45, 2.75) is 9.78 Å². The Morgan fingerprint density at radius 1 is 1.12 bits per heavy atom. The Morgan fingerprint density at radius 2 is 1.50 bits per heavy atom. The third kappa shape index (κ3) is 2.64. The largest absolute Gasteiger partial charge is 0.478 e. The van der Waals surface area contributed by atoms with Crippen molar-refractivity contribution in [2.24, 2.45) is 0 Å². The van der Waals surface area contributed by atoms with E-state index in [0.29, 0.717) is 0 Å². The predicted octanol–water partition coefficient (Wildman–Crippen LogP) is 2.37. The zero-order chi connectivity index (χ0) is 12.6. The summed E-state index contributed by atoms with van der Waals surface area (Å²) >= 11 is 1.24. The molecule has 0 saturated heterocycles. The van der Waals surface area contributed by atoms with Gasteiger partial charge in [-0.3, -0.25) is 0 Å². The third-order valence-corrected chi connectivity index (χ3v) is 2.96. The topological polar surface area (TPSA) is 57.5 Å². The molecular formula is C9H6F3IO3. The van der Waals surface area contributed by atoms with Crippen molar-refractivity contribution < 1.29 is 28.2 Å². The first-order valence-electron chi connectivity index (χ1n) is 3.98. The highest BCUT2D eigenvalue weighted by molar-refractivity contribution is 14.1. The van der Waals surface area contributed by atoms with Crippen molar-refractivity contribution in [1.29, 1.82) is 0 Å². The molecule has 1 aromatic carbocycles. The molecule has 16 heavy (non-hydrogen) atoms. The van der Waals surface area contributed by atoms with Crippen LogP contribution in [0.4, 0.5) is 13.2 Å². The first kappa shape index (κ1) is 13.2. The highest BCUT2D eigenvalue weighted by Gasteiger charge is 2.36. The van der Waals surface area contributed by atoms with Crippen LogP contribution in [0.3, 0.4) is 0 Å². The summed E-state index contributed by atoms with van der Waals surface area (Å²) in [5.74, 6) is -1.53. The van der Waals surface area contributed by atoms with Gasteiger partial charge in [0.2, 0.25) is 3.61 Å². The number of halogens is 4. The molecule has 1 rings (SSSR count). The summed E-state index contributed by atoms with van der Waals surface area (Å²) in [6.45, 7) is 0. The maximum Gasteiger partial charge on any atom is 0.416 e. The van der Waals surface area contributed by atoms with Crippen LogP contribution in [-0.4, -0.2) is 16.2 Å². The molecule has 3 nitrogen and oxygen atoms in total. The second-order valence-electron chi connectivity index (χ2n) is 3.00. The predicted molar refractivity (Wildman–Crippen MR) is 57.0 cm³/mol. The first-order valence-corrected chi connectivity index (χ1v) is 5.06. The number of alkyl halides is 4. The highest BCUT2D eigenvalue weighted by Crippen LogP contribution is 2.33. The van der Waals surface area contributed by atoms with Gasteiger partial charge in [-0.1, -0.05) is 12.1 Å². The molecule has 7 heteroatoms. The van der Waals surface area contributed by atoms with Crippen molar-refractivity contribution in [3.05, 3.63) is 35.4 Å². The molecule has 0 saturated carbocycles. The normalized spacial score (nSPS) is 15.6. The van der Waals surface area contributed by atoms with Crippen molar-refractivity contribution in [1.82, 2.24) is 0 Å². The smallest absolute Gasteiger partial charge is 0.416 e. The number of aliphatic carboxylic acids is 1. The molecule has 0 bridgehead atoms. The summed E-state index contributed by atoms with van der Waals surface area (Å²) in [4.78, 5) is 10.6. The van der Waals surface area contributed by atoms with E-state index in [-0.39, 0.29) is 5.56 Å². The van der Waals surface area contributed by atoms with Crippen LogP contribution >= 0.6 is 22.6 Å². The molecule has 1 aromatic rings. The molecule has 2 N–H and O–H groups in total. The van der Waals surface area contributed by atoms with Crippen LogP contribution in [0.25, 0.3) is 0 Å². The van der Waals surface area contributed by atoms with E-state index in [1.807, 2.05) is 0 Å². The number of hydrogen-bond donors (Lipinski definition) is 2.